The van der Waals surface area contributed by atoms with E-state index in [1.165, 1.54) is 11.3 Å². The molecule has 2 heterocycles. The highest BCUT2D eigenvalue weighted by molar-refractivity contribution is 7.16. The molecule has 0 unspecified atom stereocenters. The first-order valence-corrected chi connectivity index (χ1v) is 12.6. The first-order chi connectivity index (χ1) is 17.4. The van der Waals surface area contributed by atoms with E-state index in [0.29, 0.717) is 16.1 Å². The van der Waals surface area contributed by atoms with Gasteiger partial charge in [0.1, 0.15) is 6.54 Å². The Kier molecular flexibility index (Phi) is 6.48. The van der Waals surface area contributed by atoms with Crippen LogP contribution in [0.3, 0.4) is 0 Å². The zero-order valence-electron chi connectivity index (χ0n) is 20.3. The summed E-state index contributed by atoms with van der Waals surface area (Å²) < 4.78 is 7.95. The van der Waals surface area contributed by atoms with Crippen molar-refractivity contribution < 1.29 is 14.3 Å². The molecule has 0 saturated heterocycles. The third-order valence-electron chi connectivity index (χ3n) is 5.92. The molecule has 5 aromatic rings. The van der Waals surface area contributed by atoms with Crippen LogP contribution in [0.15, 0.2) is 77.8 Å². The number of benzene rings is 3. The van der Waals surface area contributed by atoms with Gasteiger partial charge in [0.25, 0.3) is 5.91 Å². The summed E-state index contributed by atoms with van der Waals surface area (Å²) in [7, 11) is 0. The highest BCUT2D eigenvalue weighted by Crippen LogP contribution is 2.26. The molecule has 0 N–H and O–H groups in total. The van der Waals surface area contributed by atoms with E-state index in [1.807, 2.05) is 74.5 Å². The zero-order valence-corrected chi connectivity index (χ0v) is 21.1. The Labute approximate surface area is 212 Å². The number of esters is 1. The van der Waals surface area contributed by atoms with E-state index < -0.39 is 0 Å². The number of carbonyl (C=O) groups excluding carboxylic acids is 2. The zero-order chi connectivity index (χ0) is 25.2. The smallest absolute Gasteiger partial charge is 0.326 e. The molecule has 3 aromatic carbocycles. The monoisotopic (exact) mass is 495 g/mol. The predicted molar refractivity (Wildman–Crippen MR) is 143 cm³/mol. The molecule has 5 rings (SSSR count). The fourth-order valence-corrected chi connectivity index (χ4v) is 5.62. The van der Waals surface area contributed by atoms with Gasteiger partial charge >= 0.3 is 5.97 Å². The number of amides is 1. The Morgan fingerprint density at radius 2 is 1.75 bits per heavy atom. The molecule has 0 radical (unpaired) electrons. The number of nitrogens with zero attached hydrogens (tertiary/aromatic N) is 3. The molecule has 6 nitrogen and oxygen atoms in total. The number of para-hydroxylation sites is 1. The fourth-order valence-electron chi connectivity index (χ4n) is 4.42. The van der Waals surface area contributed by atoms with Gasteiger partial charge in [0.05, 0.1) is 33.6 Å². The number of hydrogen-bond acceptors (Lipinski definition) is 5. The van der Waals surface area contributed by atoms with Gasteiger partial charge in [0.2, 0.25) is 0 Å². The van der Waals surface area contributed by atoms with Crippen LogP contribution in [0.4, 0.5) is 0 Å². The fraction of sp³-hybridized carbons (Fsp3) is 0.172. The van der Waals surface area contributed by atoms with Crippen LogP contribution in [0.25, 0.3) is 32.4 Å². The normalized spacial score (nSPS) is 11.8. The number of rotatable bonds is 5. The van der Waals surface area contributed by atoms with Gasteiger partial charge in [0.15, 0.2) is 4.80 Å². The molecule has 0 bridgehead atoms. The van der Waals surface area contributed by atoms with Crippen LogP contribution >= 0.6 is 11.3 Å². The summed E-state index contributed by atoms with van der Waals surface area (Å²) in [5, 5.41) is 0.732. The topological polar surface area (TPSA) is 73.6 Å². The van der Waals surface area contributed by atoms with Crippen molar-refractivity contribution in [3.8, 4) is 11.3 Å². The van der Waals surface area contributed by atoms with Crippen molar-refractivity contribution in [2.24, 2.45) is 4.99 Å². The van der Waals surface area contributed by atoms with Gasteiger partial charge in [-0.05, 0) is 50.1 Å². The summed E-state index contributed by atoms with van der Waals surface area (Å²) in [5.74, 6) is -0.754. The maximum absolute atomic E-state index is 13.7. The number of ether oxygens (including phenoxy) is 1. The summed E-state index contributed by atoms with van der Waals surface area (Å²) in [5.41, 5.74) is 5.81. The van der Waals surface area contributed by atoms with E-state index >= 15 is 0 Å². The average Bonchev–Trinajstić information content (AvgIpc) is 3.20. The number of aromatic nitrogens is 2. The molecule has 36 heavy (non-hydrogen) atoms. The third kappa shape index (κ3) is 4.57. The van der Waals surface area contributed by atoms with Crippen molar-refractivity contribution in [2.75, 3.05) is 6.61 Å². The van der Waals surface area contributed by atoms with E-state index in [2.05, 4.69) is 11.1 Å². The molecule has 0 fully saturated rings. The summed E-state index contributed by atoms with van der Waals surface area (Å²) >= 11 is 1.39. The van der Waals surface area contributed by atoms with E-state index in [4.69, 9.17) is 9.72 Å². The van der Waals surface area contributed by atoms with Crippen LogP contribution in [0.2, 0.25) is 0 Å². The van der Waals surface area contributed by atoms with Crippen molar-refractivity contribution >= 4 is 44.3 Å². The lowest BCUT2D eigenvalue weighted by molar-refractivity contribution is -0.143. The summed E-state index contributed by atoms with van der Waals surface area (Å²) in [6, 6.07) is 23.2. The van der Waals surface area contributed by atoms with E-state index in [-0.39, 0.29) is 25.0 Å². The molecule has 0 aliphatic rings. The lowest BCUT2D eigenvalue weighted by Crippen LogP contribution is -2.23. The minimum Gasteiger partial charge on any atom is -0.465 e. The first kappa shape index (κ1) is 23.6. The molecule has 2 aromatic heterocycles. The Hall–Kier alpha value is -4.10. The van der Waals surface area contributed by atoms with Crippen LogP contribution in [-0.4, -0.2) is 28.0 Å². The molecule has 0 spiro atoms. The molecule has 7 heteroatoms. The number of hydrogen-bond donors (Lipinski definition) is 0. The Morgan fingerprint density at radius 3 is 2.53 bits per heavy atom. The molecular formula is C29H25N3O3S. The minimum absolute atomic E-state index is 0.0176. The number of aryl methyl sites for hydroxylation is 2. The minimum atomic E-state index is -0.385. The summed E-state index contributed by atoms with van der Waals surface area (Å²) in [6.45, 7) is 6.07. The molecule has 180 valence electrons. The van der Waals surface area contributed by atoms with Crippen LogP contribution in [0.5, 0.6) is 0 Å². The Balaban J connectivity index is 1.70. The Morgan fingerprint density at radius 1 is 1.00 bits per heavy atom. The molecular weight excluding hydrogens is 470 g/mol. The van der Waals surface area contributed by atoms with E-state index in [9.17, 15) is 9.59 Å². The number of pyridine rings is 1. The maximum Gasteiger partial charge on any atom is 0.326 e. The lowest BCUT2D eigenvalue weighted by atomic mass is 10.0. The summed E-state index contributed by atoms with van der Waals surface area (Å²) in [6.07, 6.45) is 0. The van der Waals surface area contributed by atoms with E-state index in [1.54, 1.807) is 17.6 Å². The van der Waals surface area contributed by atoms with Gasteiger partial charge in [0, 0.05) is 10.9 Å². The maximum atomic E-state index is 13.7. The summed E-state index contributed by atoms with van der Waals surface area (Å²) in [4.78, 5) is 35.9. The van der Waals surface area contributed by atoms with E-state index in [0.717, 1.165) is 37.8 Å². The van der Waals surface area contributed by atoms with Gasteiger partial charge < -0.3 is 9.30 Å². The second kappa shape index (κ2) is 9.87. The van der Waals surface area contributed by atoms with Crippen molar-refractivity contribution in [3.63, 3.8) is 0 Å². The van der Waals surface area contributed by atoms with Crippen molar-refractivity contribution in [1.82, 2.24) is 9.55 Å². The van der Waals surface area contributed by atoms with Gasteiger partial charge in [-0.15, -0.1) is 0 Å². The predicted octanol–water partition coefficient (Wildman–Crippen LogP) is 5.84. The van der Waals surface area contributed by atoms with Crippen LogP contribution < -0.4 is 4.80 Å². The molecule has 1 amide bonds. The molecule has 0 aliphatic carbocycles. The van der Waals surface area contributed by atoms with Crippen LogP contribution in [0, 0.1) is 13.8 Å². The van der Waals surface area contributed by atoms with Crippen LogP contribution in [0.1, 0.15) is 28.4 Å². The van der Waals surface area contributed by atoms with Crippen LogP contribution in [-0.2, 0) is 16.1 Å². The number of thiazole rings is 1. The van der Waals surface area contributed by atoms with Crippen molar-refractivity contribution in [1.29, 1.82) is 0 Å². The van der Waals surface area contributed by atoms with Gasteiger partial charge in [-0.3, -0.25) is 9.59 Å². The van der Waals surface area contributed by atoms with Gasteiger partial charge in [-0.1, -0.05) is 65.9 Å². The quantitative estimate of drug-likeness (QED) is 0.287. The second-order valence-electron chi connectivity index (χ2n) is 8.56. The van der Waals surface area contributed by atoms with Crippen molar-refractivity contribution in [3.05, 3.63) is 94.3 Å². The Bertz CT molecular complexity index is 1680. The number of fused-ring (bicyclic) bond motifs is 2. The van der Waals surface area contributed by atoms with Gasteiger partial charge in [-0.2, -0.15) is 4.99 Å². The highest BCUT2D eigenvalue weighted by Gasteiger charge is 2.17. The number of carbonyl (C=O) groups is 2. The average molecular weight is 496 g/mol. The molecule has 0 saturated carbocycles. The van der Waals surface area contributed by atoms with Gasteiger partial charge in [-0.25, -0.2) is 4.98 Å². The standard InChI is InChI=1S/C29H25N3O3S/c1-4-35-26(33)17-32-27-19(3)14-18(2)15-25(27)36-29(32)31-28(34)22-16-24(20-10-6-5-7-11-20)30-23-13-9-8-12-21(22)23/h5-16H,4,17H2,1-3H3. The SMILES string of the molecule is CCOC(=O)Cn1c(=NC(=O)c2cc(-c3ccccc3)nc3ccccc23)sc2cc(C)cc(C)c21. The highest BCUT2D eigenvalue weighted by atomic mass is 32.1. The molecule has 0 aliphatic heterocycles. The third-order valence-corrected chi connectivity index (χ3v) is 6.94. The second-order valence-corrected chi connectivity index (χ2v) is 9.57. The lowest BCUT2D eigenvalue weighted by Gasteiger charge is -2.09. The van der Waals surface area contributed by atoms with Crippen molar-refractivity contribution in [2.45, 2.75) is 27.3 Å². The first-order valence-electron chi connectivity index (χ1n) is 11.7. The largest absolute Gasteiger partial charge is 0.465 e. The molecule has 0 atom stereocenters.